The standard InChI is InChI=1S/C19H11Br2Cl2NO3/c1-2-5-26-17-13(20)6-10(7-14(17)21)8-16-19(25)27-18(24-16)12-4-3-11(22)9-15(12)23/h2-4,6-9H,1,5H2/b16-8-. The zero-order valence-electron chi connectivity index (χ0n) is 13.6. The first-order valence-electron chi connectivity index (χ1n) is 7.59. The Kier molecular flexibility index (Phi) is 6.42. The van der Waals surface area contributed by atoms with E-state index in [9.17, 15) is 4.79 Å². The number of halogens is 4. The Balaban J connectivity index is 1.94. The second-order valence-electron chi connectivity index (χ2n) is 5.37. The molecule has 0 radical (unpaired) electrons. The van der Waals surface area contributed by atoms with Gasteiger partial charge in [-0.3, -0.25) is 0 Å². The van der Waals surface area contributed by atoms with E-state index in [-0.39, 0.29) is 11.6 Å². The lowest BCUT2D eigenvalue weighted by Crippen LogP contribution is -2.05. The third-order valence-corrected chi connectivity index (χ3v) is 5.18. The predicted octanol–water partition coefficient (Wildman–Crippen LogP) is 6.43. The van der Waals surface area contributed by atoms with Crippen LogP contribution < -0.4 is 4.74 Å². The second-order valence-corrected chi connectivity index (χ2v) is 7.93. The molecule has 1 heterocycles. The monoisotopic (exact) mass is 529 g/mol. The maximum absolute atomic E-state index is 12.2. The Morgan fingerprint density at radius 3 is 2.52 bits per heavy atom. The summed E-state index contributed by atoms with van der Waals surface area (Å²) in [6.07, 6.45) is 3.27. The number of rotatable bonds is 5. The molecular weight excluding hydrogens is 521 g/mol. The van der Waals surface area contributed by atoms with Crippen molar-refractivity contribution in [2.45, 2.75) is 0 Å². The SMILES string of the molecule is C=CCOc1c(Br)cc(/C=C2\N=C(c3ccc(Cl)cc3Cl)OC2=O)cc1Br. The average molecular weight is 532 g/mol. The molecule has 0 N–H and O–H groups in total. The number of carbonyl (C=O) groups excluding carboxylic acids is 1. The van der Waals surface area contributed by atoms with Gasteiger partial charge in [-0.05, 0) is 73.8 Å². The smallest absolute Gasteiger partial charge is 0.363 e. The van der Waals surface area contributed by atoms with E-state index in [1.165, 1.54) is 0 Å². The van der Waals surface area contributed by atoms with E-state index >= 15 is 0 Å². The third kappa shape index (κ3) is 4.63. The highest BCUT2D eigenvalue weighted by Gasteiger charge is 2.26. The summed E-state index contributed by atoms with van der Waals surface area (Å²) >= 11 is 19.0. The van der Waals surface area contributed by atoms with Gasteiger partial charge in [-0.1, -0.05) is 35.9 Å². The number of benzene rings is 2. The third-order valence-electron chi connectivity index (χ3n) is 3.45. The molecule has 4 nitrogen and oxygen atoms in total. The minimum Gasteiger partial charge on any atom is -0.487 e. The first-order valence-corrected chi connectivity index (χ1v) is 9.94. The van der Waals surface area contributed by atoms with Gasteiger partial charge in [0.05, 0.1) is 19.5 Å². The highest BCUT2D eigenvalue weighted by molar-refractivity contribution is 9.11. The number of esters is 1. The van der Waals surface area contributed by atoms with Crippen molar-refractivity contribution in [3.8, 4) is 5.75 Å². The second kappa shape index (κ2) is 8.61. The van der Waals surface area contributed by atoms with Crippen LogP contribution in [0, 0.1) is 0 Å². The largest absolute Gasteiger partial charge is 0.487 e. The maximum Gasteiger partial charge on any atom is 0.363 e. The van der Waals surface area contributed by atoms with E-state index in [4.69, 9.17) is 32.7 Å². The lowest BCUT2D eigenvalue weighted by molar-refractivity contribution is -0.129. The van der Waals surface area contributed by atoms with Crippen molar-refractivity contribution in [2.24, 2.45) is 4.99 Å². The van der Waals surface area contributed by atoms with Crippen LogP contribution in [-0.2, 0) is 9.53 Å². The van der Waals surface area contributed by atoms with Crippen molar-refractivity contribution in [1.82, 2.24) is 0 Å². The fourth-order valence-corrected chi connectivity index (χ4v) is 4.23. The van der Waals surface area contributed by atoms with Gasteiger partial charge in [0.25, 0.3) is 0 Å². The molecule has 2 aromatic rings. The van der Waals surface area contributed by atoms with E-state index in [2.05, 4.69) is 43.4 Å². The Morgan fingerprint density at radius 1 is 1.19 bits per heavy atom. The molecule has 0 aliphatic carbocycles. The lowest BCUT2D eigenvalue weighted by atomic mass is 10.2. The molecule has 1 aliphatic rings. The number of hydrogen-bond donors (Lipinski definition) is 0. The van der Waals surface area contributed by atoms with Crippen molar-refractivity contribution in [1.29, 1.82) is 0 Å². The Hall–Kier alpha value is -1.60. The number of nitrogens with zero attached hydrogens (tertiary/aromatic N) is 1. The molecule has 0 saturated heterocycles. The van der Waals surface area contributed by atoms with E-state index in [0.717, 1.165) is 14.5 Å². The number of ether oxygens (including phenoxy) is 2. The molecule has 0 saturated carbocycles. The van der Waals surface area contributed by atoms with Crippen LogP contribution in [0.4, 0.5) is 0 Å². The summed E-state index contributed by atoms with van der Waals surface area (Å²) in [5.74, 6) is 0.218. The lowest BCUT2D eigenvalue weighted by Gasteiger charge is -2.09. The van der Waals surface area contributed by atoms with E-state index in [0.29, 0.717) is 28.0 Å². The molecule has 8 heteroatoms. The summed E-state index contributed by atoms with van der Waals surface area (Å²) in [5, 5.41) is 0.836. The Labute approximate surface area is 182 Å². The van der Waals surface area contributed by atoms with Crippen molar-refractivity contribution in [3.05, 3.63) is 78.8 Å². The predicted molar refractivity (Wildman–Crippen MR) is 115 cm³/mol. The van der Waals surface area contributed by atoms with Crippen LogP contribution in [0.3, 0.4) is 0 Å². The van der Waals surface area contributed by atoms with Crippen LogP contribution in [0.15, 0.2) is 62.6 Å². The fourth-order valence-electron chi connectivity index (χ4n) is 2.29. The molecule has 0 spiro atoms. The Morgan fingerprint density at radius 2 is 1.89 bits per heavy atom. The van der Waals surface area contributed by atoms with Crippen molar-refractivity contribution in [3.63, 3.8) is 0 Å². The molecule has 0 aromatic heterocycles. The number of carbonyl (C=O) groups is 1. The molecule has 3 rings (SSSR count). The fraction of sp³-hybridized carbons (Fsp3) is 0.0526. The first-order chi connectivity index (χ1) is 12.9. The van der Waals surface area contributed by atoms with Gasteiger partial charge in [0, 0.05) is 5.02 Å². The molecule has 27 heavy (non-hydrogen) atoms. The van der Waals surface area contributed by atoms with Gasteiger partial charge < -0.3 is 9.47 Å². The zero-order valence-corrected chi connectivity index (χ0v) is 18.3. The van der Waals surface area contributed by atoms with Crippen molar-refractivity contribution >= 4 is 73.0 Å². The summed E-state index contributed by atoms with van der Waals surface area (Å²) in [6, 6.07) is 8.49. The zero-order chi connectivity index (χ0) is 19.6. The average Bonchev–Trinajstić information content (AvgIpc) is 2.94. The summed E-state index contributed by atoms with van der Waals surface area (Å²) in [7, 11) is 0. The summed E-state index contributed by atoms with van der Waals surface area (Å²) in [4.78, 5) is 16.4. The highest BCUT2D eigenvalue weighted by Crippen LogP contribution is 2.36. The summed E-state index contributed by atoms with van der Waals surface area (Å²) in [5.41, 5.74) is 1.39. The Bertz CT molecular complexity index is 979. The number of hydrogen-bond acceptors (Lipinski definition) is 4. The van der Waals surface area contributed by atoms with Crippen molar-refractivity contribution in [2.75, 3.05) is 6.61 Å². The van der Waals surface area contributed by atoms with Gasteiger partial charge in [0.15, 0.2) is 5.70 Å². The van der Waals surface area contributed by atoms with Crippen LogP contribution in [0.25, 0.3) is 6.08 Å². The van der Waals surface area contributed by atoms with Gasteiger partial charge in [-0.15, -0.1) is 0 Å². The number of cyclic esters (lactones) is 1. The first kappa shape index (κ1) is 20.1. The number of aliphatic imine (C=N–C) groups is 1. The van der Waals surface area contributed by atoms with E-state index in [1.54, 1.807) is 30.4 Å². The van der Waals surface area contributed by atoms with Gasteiger partial charge in [-0.2, -0.15) is 0 Å². The quantitative estimate of drug-likeness (QED) is 0.254. The van der Waals surface area contributed by atoms with Gasteiger partial charge >= 0.3 is 5.97 Å². The molecule has 2 aromatic carbocycles. The van der Waals surface area contributed by atoms with Crippen LogP contribution in [0.2, 0.25) is 10.0 Å². The molecule has 0 bridgehead atoms. The van der Waals surface area contributed by atoms with Crippen molar-refractivity contribution < 1.29 is 14.3 Å². The van der Waals surface area contributed by atoms with E-state index in [1.807, 2.05) is 12.1 Å². The minimum atomic E-state index is -0.560. The van der Waals surface area contributed by atoms with E-state index < -0.39 is 5.97 Å². The van der Waals surface area contributed by atoms with Crippen LogP contribution >= 0.6 is 55.1 Å². The molecule has 0 fully saturated rings. The van der Waals surface area contributed by atoms with Crippen LogP contribution in [-0.4, -0.2) is 18.5 Å². The van der Waals surface area contributed by atoms with Crippen LogP contribution in [0.1, 0.15) is 11.1 Å². The molecule has 1 aliphatic heterocycles. The molecule has 138 valence electrons. The van der Waals surface area contributed by atoms with Gasteiger partial charge in [0.1, 0.15) is 12.4 Å². The summed E-state index contributed by atoms with van der Waals surface area (Å²) < 4.78 is 12.3. The highest BCUT2D eigenvalue weighted by atomic mass is 79.9. The van der Waals surface area contributed by atoms with Gasteiger partial charge in [0.2, 0.25) is 5.90 Å². The molecule has 0 unspecified atom stereocenters. The minimum absolute atomic E-state index is 0.136. The topological polar surface area (TPSA) is 47.9 Å². The summed E-state index contributed by atoms with van der Waals surface area (Å²) in [6.45, 7) is 4.00. The van der Waals surface area contributed by atoms with Crippen LogP contribution in [0.5, 0.6) is 5.75 Å². The molecular formula is C19H11Br2Cl2NO3. The maximum atomic E-state index is 12.2. The molecule has 0 atom stereocenters. The van der Waals surface area contributed by atoms with Gasteiger partial charge in [-0.25, -0.2) is 9.79 Å². The molecule has 0 amide bonds. The normalized spacial score (nSPS) is 14.9.